The maximum absolute atomic E-state index is 11.1. The second-order valence-corrected chi connectivity index (χ2v) is 8.75. The van der Waals surface area contributed by atoms with E-state index in [9.17, 15) is 8.42 Å². The van der Waals surface area contributed by atoms with Crippen LogP contribution in [0.25, 0.3) is 10.9 Å². The molecule has 6 heteroatoms. The molecule has 1 heterocycles. The molecule has 0 spiro atoms. The van der Waals surface area contributed by atoms with E-state index in [1.807, 2.05) is 24.3 Å². The highest BCUT2D eigenvalue weighted by molar-refractivity contribution is 7.85. The van der Waals surface area contributed by atoms with Crippen molar-refractivity contribution in [2.75, 3.05) is 18.6 Å². The van der Waals surface area contributed by atoms with Crippen LogP contribution in [0.5, 0.6) is 0 Å². The molecule has 2 N–H and O–H groups in total. The fraction of sp³-hybridized carbons (Fsp3) is 0.711. The van der Waals surface area contributed by atoms with Crippen LogP contribution in [0.1, 0.15) is 178 Å². The number of rotatable bonds is 4. The molecule has 0 radical (unpaired) electrons. The highest BCUT2D eigenvalue weighted by Crippen LogP contribution is 2.47. The second-order valence-electron chi connectivity index (χ2n) is 7.10. The summed E-state index contributed by atoms with van der Waals surface area (Å²) in [5.74, 6) is 0.816. The molecule has 0 saturated heterocycles. The maximum atomic E-state index is 11.1. The summed E-state index contributed by atoms with van der Waals surface area (Å²) in [6.45, 7) is 0.211. The van der Waals surface area contributed by atoms with Crippen molar-refractivity contribution in [3.8, 4) is 0 Å². The Morgan fingerprint density at radius 3 is 1.66 bits per heavy atom. The van der Waals surface area contributed by atoms with E-state index in [0.29, 0.717) is 18.3 Å². The van der Waals surface area contributed by atoms with E-state index >= 15 is 0 Å². The first-order chi connectivity index (χ1) is 11.9. The molecule has 2 unspecified atom stereocenters. The van der Waals surface area contributed by atoms with Gasteiger partial charge in [0.2, 0.25) is 0 Å². The maximum Gasteiger partial charge on any atom is 0.264 e. The van der Waals surface area contributed by atoms with E-state index in [-0.39, 0.29) is 148 Å². The normalized spacial score (nSPS) is 12.8. The van der Waals surface area contributed by atoms with Crippen molar-refractivity contribution in [3.63, 3.8) is 0 Å². The Hall–Kier alpha value is -1.92. The van der Waals surface area contributed by atoms with Gasteiger partial charge >= 0.3 is 0 Å². The Morgan fingerprint density at radius 1 is 0.750 bits per heavy atom. The molecule has 1 aromatic carbocycles. The average molecular weight is 663 g/mol. The topological polar surface area (TPSA) is 82.3 Å². The van der Waals surface area contributed by atoms with Gasteiger partial charge in [-0.15, -0.1) is 0 Å². The second kappa shape index (κ2) is 41.1. The molecule has 1 aromatic heterocycles. The molecule has 4 rings (SSSR count). The van der Waals surface area contributed by atoms with Crippen molar-refractivity contribution in [3.05, 3.63) is 47.2 Å². The Kier molecular flexibility index (Phi) is 97.5. The molecule has 44 heavy (non-hydrogen) atoms. The zero-order valence-corrected chi connectivity index (χ0v) is 15.1. The minimum Gasteiger partial charge on any atom is -0.398 e. The minimum atomic E-state index is -3.38. The standard InChI is InChI=1S/C19H22N2O3S.19CH4/c1-25(22,23)24-7-6-12-8-13-10-14(9-12)18-17(11-13)21-16-5-3-2-4-15(16)19(18)20;;;;;;;;;;;;;;;;;;;/h2-5,8,13-14H,6-7,9-11H2,1H3,(H2,20,21);19*1H4. The SMILES string of the molecule is C.C.C.C.C.C.C.C.C.C.C.C.C.C.C.C.C.C.C.CS(=O)(=O)OCCC1=CC2Cc3nc4ccccc4c(N)c3C(C1)C2. The first-order valence-electron chi connectivity index (χ1n) is 8.61. The van der Waals surface area contributed by atoms with Gasteiger partial charge in [0.1, 0.15) is 0 Å². The van der Waals surface area contributed by atoms with Crippen molar-refractivity contribution >= 4 is 26.7 Å². The lowest BCUT2D eigenvalue weighted by atomic mass is 9.70. The number of nitrogens with zero attached hydrogens (tertiary/aromatic N) is 1. The number of fused-ring (bicyclic) bond motifs is 5. The Morgan fingerprint density at radius 2 is 1.20 bits per heavy atom. The number of benzene rings is 1. The third kappa shape index (κ3) is 22.6. The van der Waals surface area contributed by atoms with Crippen LogP contribution in [-0.2, 0) is 20.7 Å². The van der Waals surface area contributed by atoms with Crippen molar-refractivity contribution in [1.82, 2.24) is 4.98 Å². The summed E-state index contributed by atoms with van der Waals surface area (Å²) in [6.07, 6.45) is 6.92. The molecule has 0 amide bonds. The number of para-hydroxylation sites is 1. The summed E-state index contributed by atoms with van der Waals surface area (Å²) in [5, 5.41) is 1.02. The van der Waals surface area contributed by atoms with E-state index < -0.39 is 10.1 Å². The summed E-state index contributed by atoms with van der Waals surface area (Å²) in [5.41, 5.74) is 11.9. The van der Waals surface area contributed by atoms with Crippen molar-refractivity contribution in [2.24, 2.45) is 5.92 Å². The first kappa shape index (κ1) is 104. The molecule has 2 aliphatic carbocycles. The van der Waals surface area contributed by atoms with Gasteiger partial charge in [-0.3, -0.25) is 9.17 Å². The summed E-state index contributed by atoms with van der Waals surface area (Å²) in [4.78, 5) is 4.87. The van der Waals surface area contributed by atoms with E-state index in [1.54, 1.807) is 0 Å². The number of anilines is 1. The zero-order valence-electron chi connectivity index (χ0n) is 14.2. The van der Waals surface area contributed by atoms with Crippen LogP contribution >= 0.6 is 0 Å². The number of nitrogen functional groups attached to an aromatic ring is 1. The van der Waals surface area contributed by atoms with Gasteiger partial charge in [-0.05, 0) is 43.6 Å². The van der Waals surface area contributed by atoms with Crippen LogP contribution in [0.4, 0.5) is 5.69 Å². The van der Waals surface area contributed by atoms with Crippen LogP contribution < -0.4 is 5.73 Å². The number of pyridine rings is 1. The highest BCUT2D eigenvalue weighted by atomic mass is 32.2. The number of aromatic nitrogens is 1. The molecule has 5 nitrogen and oxygen atoms in total. The lowest BCUT2D eigenvalue weighted by Crippen LogP contribution is -2.25. The predicted molar refractivity (Wildman–Crippen MR) is 227 cm³/mol. The van der Waals surface area contributed by atoms with Crippen molar-refractivity contribution < 1.29 is 12.6 Å². The minimum absolute atomic E-state index is 0. The van der Waals surface area contributed by atoms with Crippen molar-refractivity contribution in [2.45, 2.75) is 173 Å². The van der Waals surface area contributed by atoms with Gasteiger partial charge in [0.05, 0.1) is 18.4 Å². The summed E-state index contributed by atoms with van der Waals surface area (Å²) >= 11 is 0. The third-order valence-corrected chi connectivity index (χ3v) is 5.80. The lowest BCUT2D eigenvalue weighted by molar-refractivity contribution is 0.318. The predicted octanol–water partition coefficient (Wildman–Crippen LogP) is 15.2. The molecule has 2 atom stereocenters. The molecule has 284 valence electrons. The quantitative estimate of drug-likeness (QED) is 0.260. The van der Waals surface area contributed by atoms with Gasteiger partial charge in [-0.25, -0.2) is 0 Å². The van der Waals surface area contributed by atoms with E-state index in [2.05, 4.69) is 6.08 Å². The Labute approximate surface area is 288 Å². The monoisotopic (exact) mass is 663 g/mol. The summed E-state index contributed by atoms with van der Waals surface area (Å²) in [7, 11) is -3.38. The van der Waals surface area contributed by atoms with E-state index in [0.717, 1.165) is 47.8 Å². The molecular weight excluding hydrogens is 564 g/mol. The zero-order chi connectivity index (χ0) is 17.6. The van der Waals surface area contributed by atoms with Crippen molar-refractivity contribution in [1.29, 1.82) is 0 Å². The van der Waals surface area contributed by atoms with E-state index in [4.69, 9.17) is 14.9 Å². The fourth-order valence-corrected chi connectivity index (χ4v) is 4.66. The summed E-state index contributed by atoms with van der Waals surface area (Å²) < 4.78 is 27.2. The van der Waals surface area contributed by atoms with Gasteiger partial charge < -0.3 is 5.73 Å². The number of hydrogen-bond donors (Lipinski definition) is 1. The lowest BCUT2D eigenvalue weighted by Gasteiger charge is -2.36. The van der Waals surface area contributed by atoms with Crippen LogP contribution in [-0.4, -0.2) is 26.3 Å². The van der Waals surface area contributed by atoms with Gasteiger partial charge in [-0.2, -0.15) is 8.42 Å². The van der Waals surface area contributed by atoms with Gasteiger partial charge in [0.15, 0.2) is 0 Å². The Bertz CT molecular complexity index is 971. The number of nitrogens with two attached hydrogens (primary N) is 1. The van der Waals surface area contributed by atoms with E-state index in [1.165, 1.54) is 11.1 Å². The molecule has 0 saturated carbocycles. The molecule has 2 aliphatic rings. The first-order valence-corrected chi connectivity index (χ1v) is 10.4. The largest absolute Gasteiger partial charge is 0.398 e. The molecule has 0 fully saturated rings. The van der Waals surface area contributed by atoms with Crippen LogP contribution in [0.2, 0.25) is 0 Å². The molecular formula is C38H98N2O3S. The van der Waals surface area contributed by atoms with Gasteiger partial charge in [0.25, 0.3) is 10.1 Å². The Balaban J connectivity index is -0.0000000295. The van der Waals surface area contributed by atoms with Gasteiger partial charge in [-0.1, -0.05) is 171 Å². The van der Waals surface area contributed by atoms with Gasteiger partial charge in [0, 0.05) is 22.3 Å². The molecule has 2 bridgehead atoms. The third-order valence-electron chi connectivity index (χ3n) is 5.20. The van der Waals surface area contributed by atoms with Crippen LogP contribution in [0.15, 0.2) is 35.9 Å². The smallest absolute Gasteiger partial charge is 0.264 e. The van der Waals surface area contributed by atoms with Crippen LogP contribution in [0.3, 0.4) is 0 Å². The number of hydrogen-bond acceptors (Lipinski definition) is 5. The molecule has 2 aromatic rings. The molecule has 0 aliphatic heterocycles. The number of allylic oxidation sites excluding steroid dienone is 1. The fourth-order valence-electron chi connectivity index (χ4n) is 4.27. The average Bonchev–Trinajstić information content (AvgIpc) is 2.53. The summed E-state index contributed by atoms with van der Waals surface area (Å²) in [6, 6.07) is 8.03. The van der Waals surface area contributed by atoms with Crippen LogP contribution in [0, 0.1) is 5.92 Å². The highest BCUT2D eigenvalue weighted by Gasteiger charge is 2.33.